The quantitative estimate of drug-likeness (QED) is 0.746. The van der Waals surface area contributed by atoms with Gasteiger partial charge in [-0.05, 0) is 55.2 Å². The van der Waals surface area contributed by atoms with E-state index in [-0.39, 0.29) is 17.5 Å². The predicted molar refractivity (Wildman–Crippen MR) is 99.6 cm³/mol. The van der Waals surface area contributed by atoms with Crippen molar-refractivity contribution in [3.63, 3.8) is 0 Å². The van der Waals surface area contributed by atoms with Gasteiger partial charge in [0.1, 0.15) is 0 Å². The van der Waals surface area contributed by atoms with E-state index in [0.717, 1.165) is 24.0 Å². The number of rotatable bonds is 4. The van der Waals surface area contributed by atoms with Crippen LogP contribution in [0.15, 0.2) is 47.5 Å². The molecule has 0 saturated heterocycles. The fraction of sp³-hybridized carbons (Fsp3) is 0.200. The number of nitrogens with zero attached hydrogens (tertiary/aromatic N) is 3. The molecule has 27 heavy (non-hydrogen) atoms. The third-order valence-electron chi connectivity index (χ3n) is 4.57. The highest BCUT2D eigenvalue weighted by Gasteiger charge is 2.24. The van der Waals surface area contributed by atoms with Crippen molar-refractivity contribution in [1.29, 1.82) is 5.26 Å². The lowest BCUT2D eigenvalue weighted by molar-refractivity contribution is 0.0950. The number of hydrogen-bond acceptors (Lipinski definition) is 4. The minimum atomic E-state index is -0.245. The Hall–Kier alpha value is -3.66. The average molecular weight is 359 g/mol. The Labute approximate surface area is 155 Å². The molecule has 2 N–H and O–H groups in total. The SMILES string of the molecule is Cc1cc(C#N)ccc1-c1c[nH]n(-c2ccc(C(=O)NC3CC3)cn2)c1=O. The van der Waals surface area contributed by atoms with Crippen molar-refractivity contribution in [3.8, 4) is 23.0 Å². The monoisotopic (exact) mass is 359 g/mol. The Bertz CT molecular complexity index is 1110. The molecule has 7 nitrogen and oxygen atoms in total. The second-order valence-corrected chi connectivity index (χ2v) is 6.62. The molecule has 0 aliphatic heterocycles. The fourth-order valence-corrected chi connectivity index (χ4v) is 2.92. The van der Waals surface area contributed by atoms with E-state index in [9.17, 15) is 9.59 Å². The van der Waals surface area contributed by atoms with E-state index in [1.807, 2.05) is 6.92 Å². The number of aromatic nitrogens is 3. The molecule has 1 amide bonds. The van der Waals surface area contributed by atoms with Crippen molar-refractivity contribution >= 4 is 5.91 Å². The second-order valence-electron chi connectivity index (χ2n) is 6.62. The number of benzene rings is 1. The number of amides is 1. The summed E-state index contributed by atoms with van der Waals surface area (Å²) in [5.41, 5.74) is 2.87. The molecule has 4 rings (SSSR count). The number of aromatic amines is 1. The van der Waals surface area contributed by atoms with Crippen LogP contribution in [-0.2, 0) is 0 Å². The first-order valence-electron chi connectivity index (χ1n) is 8.65. The Morgan fingerprint density at radius 2 is 2.11 bits per heavy atom. The molecule has 2 heterocycles. The zero-order chi connectivity index (χ0) is 19.0. The number of nitriles is 1. The Morgan fingerprint density at radius 1 is 1.30 bits per heavy atom. The number of carbonyl (C=O) groups excluding carboxylic acids is 1. The van der Waals surface area contributed by atoms with Gasteiger partial charge in [-0.2, -0.15) is 5.26 Å². The van der Waals surface area contributed by atoms with Crippen LogP contribution in [0.1, 0.15) is 34.3 Å². The van der Waals surface area contributed by atoms with Crippen LogP contribution in [-0.4, -0.2) is 26.7 Å². The molecule has 0 unspecified atom stereocenters. The van der Waals surface area contributed by atoms with Crippen molar-refractivity contribution in [3.05, 3.63) is 69.8 Å². The molecule has 2 aromatic heterocycles. The lowest BCUT2D eigenvalue weighted by Crippen LogP contribution is -2.25. The molecule has 0 radical (unpaired) electrons. The number of pyridine rings is 1. The summed E-state index contributed by atoms with van der Waals surface area (Å²) in [7, 11) is 0. The summed E-state index contributed by atoms with van der Waals surface area (Å²) in [6.45, 7) is 1.86. The van der Waals surface area contributed by atoms with Crippen molar-refractivity contribution < 1.29 is 4.79 Å². The van der Waals surface area contributed by atoms with Crippen molar-refractivity contribution in [2.75, 3.05) is 0 Å². The van der Waals surface area contributed by atoms with E-state index in [1.54, 1.807) is 36.5 Å². The van der Waals surface area contributed by atoms with Gasteiger partial charge in [0.05, 0.1) is 22.8 Å². The highest BCUT2D eigenvalue weighted by atomic mass is 16.2. The summed E-state index contributed by atoms with van der Waals surface area (Å²) in [6, 6.07) is 10.9. The topological polar surface area (TPSA) is 104 Å². The first kappa shape index (κ1) is 16.8. The van der Waals surface area contributed by atoms with E-state index >= 15 is 0 Å². The van der Waals surface area contributed by atoms with Gasteiger partial charge in [-0.25, -0.2) is 9.67 Å². The Balaban J connectivity index is 1.63. The average Bonchev–Trinajstić information content (AvgIpc) is 3.42. The molecule has 1 fully saturated rings. The molecule has 0 atom stereocenters. The Kier molecular flexibility index (Phi) is 4.09. The van der Waals surface area contributed by atoms with Crippen LogP contribution in [0.5, 0.6) is 0 Å². The third-order valence-corrected chi connectivity index (χ3v) is 4.57. The van der Waals surface area contributed by atoms with E-state index in [4.69, 9.17) is 5.26 Å². The summed E-state index contributed by atoms with van der Waals surface area (Å²) >= 11 is 0. The highest BCUT2D eigenvalue weighted by Crippen LogP contribution is 2.22. The fourth-order valence-electron chi connectivity index (χ4n) is 2.92. The summed E-state index contributed by atoms with van der Waals surface area (Å²) in [5, 5.41) is 14.8. The molecule has 1 aliphatic carbocycles. The minimum absolute atomic E-state index is 0.149. The normalized spacial score (nSPS) is 13.2. The van der Waals surface area contributed by atoms with Gasteiger partial charge in [-0.3, -0.25) is 14.7 Å². The number of aryl methyl sites for hydroxylation is 1. The minimum Gasteiger partial charge on any atom is -0.349 e. The van der Waals surface area contributed by atoms with Crippen LogP contribution in [0.2, 0.25) is 0 Å². The summed E-state index contributed by atoms with van der Waals surface area (Å²) < 4.78 is 1.33. The van der Waals surface area contributed by atoms with Gasteiger partial charge in [0.15, 0.2) is 5.82 Å². The highest BCUT2D eigenvalue weighted by molar-refractivity contribution is 5.94. The lowest BCUT2D eigenvalue weighted by Gasteiger charge is -2.05. The zero-order valence-electron chi connectivity index (χ0n) is 14.7. The van der Waals surface area contributed by atoms with Gasteiger partial charge in [0.25, 0.3) is 11.5 Å². The van der Waals surface area contributed by atoms with Crippen LogP contribution in [0.3, 0.4) is 0 Å². The van der Waals surface area contributed by atoms with Crippen molar-refractivity contribution in [1.82, 2.24) is 20.1 Å². The van der Waals surface area contributed by atoms with Gasteiger partial charge in [-0.15, -0.1) is 0 Å². The maximum absolute atomic E-state index is 12.8. The molecular weight excluding hydrogens is 342 g/mol. The van der Waals surface area contributed by atoms with Crippen LogP contribution >= 0.6 is 0 Å². The second kappa shape index (κ2) is 6.57. The number of nitrogens with one attached hydrogen (secondary N) is 2. The van der Waals surface area contributed by atoms with Gasteiger partial charge >= 0.3 is 0 Å². The van der Waals surface area contributed by atoms with Crippen molar-refractivity contribution in [2.45, 2.75) is 25.8 Å². The van der Waals surface area contributed by atoms with Gasteiger partial charge in [-0.1, -0.05) is 6.07 Å². The van der Waals surface area contributed by atoms with E-state index in [0.29, 0.717) is 22.5 Å². The maximum Gasteiger partial charge on any atom is 0.280 e. The molecule has 7 heteroatoms. The summed E-state index contributed by atoms with van der Waals surface area (Å²) in [6.07, 6.45) is 5.12. The van der Waals surface area contributed by atoms with Crippen LogP contribution in [0, 0.1) is 18.3 Å². The lowest BCUT2D eigenvalue weighted by atomic mass is 10.0. The number of H-pyrrole nitrogens is 1. The third kappa shape index (κ3) is 3.25. The number of hydrogen-bond donors (Lipinski definition) is 2. The van der Waals surface area contributed by atoms with Gasteiger partial charge < -0.3 is 5.32 Å². The van der Waals surface area contributed by atoms with E-state index < -0.39 is 0 Å². The maximum atomic E-state index is 12.8. The molecule has 0 spiro atoms. The van der Waals surface area contributed by atoms with Gasteiger partial charge in [0.2, 0.25) is 0 Å². The molecule has 1 saturated carbocycles. The Morgan fingerprint density at radius 3 is 2.74 bits per heavy atom. The van der Waals surface area contributed by atoms with Crippen LogP contribution < -0.4 is 10.9 Å². The molecule has 3 aromatic rings. The summed E-state index contributed by atoms with van der Waals surface area (Å²) in [4.78, 5) is 29.1. The predicted octanol–water partition coefficient (Wildman–Crippen LogP) is 2.30. The van der Waals surface area contributed by atoms with Gasteiger partial charge in [0, 0.05) is 18.4 Å². The van der Waals surface area contributed by atoms with E-state index in [2.05, 4.69) is 21.5 Å². The zero-order valence-corrected chi connectivity index (χ0v) is 14.7. The molecule has 1 aromatic carbocycles. The summed E-state index contributed by atoms with van der Waals surface area (Å²) in [5.74, 6) is 0.254. The largest absolute Gasteiger partial charge is 0.349 e. The van der Waals surface area contributed by atoms with E-state index in [1.165, 1.54) is 10.9 Å². The first-order valence-corrected chi connectivity index (χ1v) is 8.65. The molecule has 134 valence electrons. The standard InChI is InChI=1S/C20H17N5O2/c1-12-8-13(9-21)2-6-16(12)17-11-23-25(20(17)27)18-7-3-14(10-22-18)19(26)24-15-4-5-15/h2-3,6-8,10-11,15,23H,4-5H2,1H3,(H,24,26). The first-order chi connectivity index (χ1) is 13.1. The molecule has 0 bridgehead atoms. The van der Waals surface area contributed by atoms with Crippen LogP contribution in [0.4, 0.5) is 0 Å². The van der Waals surface area contributed by atoms with Crippen molar-refractivity contribution in [2.24, 2.45) is 0 Å². The number of carbonyl (C=O) groups is 1. The van der Waals surface area contributed by atoms with Crippen LogP contribution in [0.25, 0.3) is 16.9 Å². The molecular formula is C20H17N5O2. The smallest absolute Gasteiger partial charge is 0.280 e. The molecule has 1 aliphatic rings.